The Morgan fingerprint density at radius 2 is 1.77 bits per heavy atom. The average Bonchev–Trinajstić information content (AvgIpc) is 3.28. The van der Waals surface area contributed by atoms with Gasteiger partial charge in [0.1, 0.15) is 5.01 Å². The first-order valence-corrected chi connectivity index (χ1v) is 11.7. The zero-order valence-corrected chi connectivity index (χ0v) is 18.5. The van der Waals surface area contributed by atoms with E-state index in [0.29, 0.717) is 32.5 Å². The van der Waals surface area contributed by atoms with E-state index < -0.39 is 0 Å². The van der Waals surface area contributed by atoms with Crippen molar-refractivity contribution in [2.45, 2.75) is 10.9 Å². The molecule has 0 aliphatic rings. The van der Waals surface area contributed by atoms with E-state index in [1.807, 2.05) is 60.0 Å². The van der Waals surface area contributed by atoms with Crippen LogP contribution in [0.3, 0.4) is 0 Å². The number of thiazole rings is 1. The highest BCUT2D eigenvalue weighted by Crippen LogP contribution is 2.29. The molecule has 0 spiro atoms. The molecule has 2 aromatic carbocycles. The zero-order chi connectivity index (χ0) is 21.2. The third-order valence-corrected chi connectivity index (χ3v) is 6.83. The average molecular weight is 463 g/mol. The quantitative estimate of drug-likeness (QED) is 0.242. The third-order valence-electron chi connectivity index (χ3n) is 4.62. The summed E-state index contributed by atoms with van der Waals surface area (Å²) < 4.78 is 1.58. The highest BCUT2D eigenvalue weighted by molar-refractivity contribution is 7.98. The van der Waals surface area contributed by atoms with Crippen LogP contribution in [-0.4, -0.2) is 19.5 Å². The molecular formula is C23H15ClN4OS2. The lowest BCUT2D eigenvalue weighted by molar-refractivity contribution is 0.819. The van der Waals surface area contributed by atoms with E-state index in [9.17, 15) is 4.79 Å². The Balaban J connectivity index is 1.54. The van der Waals surface area contributed by atoms with Crippen molar-refractivity contribution in [3.05, 3.63) is 99.4 Å². The molecule has 5 nitrogen and oxygen atoms in total. The van der Waals surface area contributed by atoms with Gasteiger partial charge in [-0.05, 0) is 36.4 Å². The summed E-state index contributed by atoms with van der Waals surface area (Å²) in [6, 6.07) is 20.4. The number of pyridine rings is 1. The molecule has 0 fully saturated rings. The molecule has 0 amide bonds. The molecule has 8 heteroatoms. The molecule has 5 aromatic rings. The Kier molecular flexibility index (Phi) is 5.55. The summed E-state index contributed by atoms with van der Waals surface area (Å²) in [4.78, 5) is 27.1. The van der Waals surface area contributed by atoms with Crippen LogP contribution in [-0.2, 0) is 5.75 Å². The molecule has 0 atom stereocenters. The van der Waals surface area contributed by atoms with Crippen LogP contribution in [0.2, 0.25) is 5.02 Å². The van der Waals surface area contributed by atoms with Gasteiger partial charge in [-0.25, -0.2) is 9.97 Å². The number of benzene rings is 2. The van der Waals surface area contributed by atoms with Crippen molar-refractivity contribution in [2.24, 2.45) is 0 Å². The molecule has 3 aromatic heterocycles. The van der Waals surface area contributed by atoms with Crippen LogP contribution in [0.25, 0.3) is 27.3 Å². The molecule has 0 unspecified atom stereocenters. The van der Waals surface area contributed by atoms with Gasteiger partial charge in [-0.1, -0.05) is 53.7 Å². The van der Waals surface area contributed by atoms with Gasteiger partial charge in [-0.2, -0.15) is 0 Å². The molecule has 0 aliphatic carbocycles. The van der Waals surface area contributed by atoms with Gasteiger partial charge >= 0.3 is 0 Å². The van der Waals surface area contributed by atoms with Crippen LogP contribution in [0.15, 0.2) is 88.3 Å². The van der Waals surface area contributed by atoms with Crippen molar-refractivity contribution in [2.75, 3.05) is 0 Å². The maximum atomic E-state index is 13.3. The minimum absolute atomic E-state index is 0.145. The molecule has 0 N–H and O–H groups in total. The predicted octanol–water partition coefficient (Wildman–Crippen LogP) is 5.85. The van der Waals surface area contributed by atoms with Crippen molar-refractivity contribution in [3.63, 3.8) is 0 Å². The molecule has 5 rings (SSSR count). The lowest BCUT2D eigenvalue weighted by Gasteiger charge is -2.14. The van der Waals surface area contributed by atoms with Gasteiger partial charge in [0.25, 0.3) is 5.56 Å². The summed E-state index contributed by atoms with van der Waals surface area (Å²) in [5, 5.41) is 4.50. The second-order valence-corrected chi connectivity index (χ2v) is 8.86. The first-order chi connectivity index (χ1) is 15.2. The van der Waals surface area contributed by atoms with Crippen LogP contribution in [0.4, 0.5) is 0 Å². The van der Waals surface area contributed by atoms with Gasteiger partial charge < -0.3 is 0 Å². The lowest BCUT2D eigenvalue weighted by Crippen LogP contribution is -2.22. The van der Waals surface area contributed by atoms with Crippen molar-refractivity contribution in [3.8, 4) is 16.4 Å². The van der Waals surface area contributed by atoms with Crippen molar-refractivity contribution in [1.82, 2.24) is 19.5 Å². The molecule has 0 aliphatic heterocycles. The van der Waals surface area contributed by atoms with Crippen LogP contribution in [0.1, 0.15) is 5.69 Å². The summed E-state index contributed by atoms with van der Waals surface area (Å²) in [5.41, 5.74) is 2.88. The number of hydrogen-bond acceptors (Lipinski definition) is 6. The summed E-state index contributed by atoms with van der Waals surface area (Å²) in [6.45, 7) is 0. The minimum atomic E-state index is -0.145. The largest absolute Gasteiger partial charge is 0.268 e. The number of aromatic nitrogens is 4. The van der Waals surface area contributed by atoms with E-state index in [-0.39, 0.29) is 5.56 Å². The fourth-order valence-corrected chi connectivity index (χ4v) is 5.19. The monoisotopic (exact) mass is 462 g/mol. The number of fused-ring (bicyclic) bond motifs is 1. The van der Waals surface area contributed by atoms with Crippen LogP contribution in [0.5, 0.6) is 0 Å². The van der Waals surface area contributed by atoms with Gasteiger partial charge in [0.2, 0.25) is 0 Å². The molecule has 152 valence electrons. The van der Waals surface area contributed by atoms with E-state index in [2.05, 4.69) is 4.98 Å². The molecule has 0 radical (unpaired) electrons. The second-order valence-electron chi connectivity index (χ2n) is 6.65. The lowest BCUT2D eigenvalue weighted by atomic mass is 10.2. The summed E-state index contributed by atoms with van der Waals surface area (Å²) in [6.07, 6.45) is 1.76. The zero-order valence-electron chi connectivity index (χ0n) is 16.1. The molecule has 31 heavy (non-hydrogen) atoms. The highest BCUT2D eigenvalue weighted by Gasteiger charge is 2.16. The van der Waals surface area contributed by atoms with Crippen molar-refractivity contribution in [1.29, 1.82) is 0 Å². The first kappa shape index (κ1) is 19.9. The first-order valence-electron chi connectivity index (χ1n) is 9.46. The Labute approximate surface area is 191 Å². The van der Waals surface area contributed by atoms with Gasteiger partial charge in [-0.3, -0.25) is 14.3 Å². The number of para-hydroxylation sites is 2. The molecule has 0 saturated heterocycles. The summed E-state index contributed by atoms with van der Waals surface area (Å²) in [5.74, 6) is 0.568. The number of halogens is 1. The standard InChI is InChI=1S/C23H15ClN4OS2/c24-17-8-2-4-11-20(17)28-22(29)16-7-1-3-9-18(16)27-23(28)31-14-15-13-30-21(26-15)19-10-5-6-12-25-19/h1-13H,14H2. The van der Waals surface area contributed by atoms with Crippen molar-refractivity contribution >= 4 is 45.6 Å². The minimum Gasteiger partial charge on any atom is -0.268 e. The Morgan fingerprint density at radius 1 is 0.968 bits per heavy atom. The maximum absolute atomic E-state index is 13.3. The molecule has 3 heterocycles. The van der Waals surface area contributed by atoms with E-state index in [1.165, 1.54) is 11.8 Å². The maximum Gasteiger partial charge on any atom is 0.266 e. The highest BCUT2D eigenvalue weighted by atomic mass is 35.5. The second kappa shape index (κ2) is 8.63. The fourth-order valence-electron chi connectivity index (χ4n) is 3.17. The normalized spacial score (nSPS) is 11.1. The van der Waals surface area contributed by atoms with Gasteiger partial charge in [0, 0.05) is 17.3 Å². The van der Waals surface area contributed by atoms with Gasteiger partial charge in [0.15, 0.2) is 5.16 Å². The van der Waals surface area contributed by atoms with E-state index in [4.69, 9.17) is 21.6 Å². The predicted molar refractivity (Wildman–Crippen MR) is 127 cm³/mol. The van der Waals surface area contributed by atoms with Gasteiger partial charge in [0.05, 0.1) is 33.0 Å². The van der Waals surface area contributed by atoms with E-state index in [0.717, 1.165) is 16.4 Å². The SMILES string of the molecule is O=c1c2ccccc2nc(SCc2csc(-c3ccccn3)n2)n1-c1ccccc1Cl. The Morgan fingerprint density at radius 3 is 2.61 bits per heavy atom. The summed E-state index contributed by atoms with van der Waals surface area (Å²) >= 11 is 9.44. The molecular weight excluding hydrogens is 448 g/mol. The van der Waals surface area contributed by atoms with Crippen LogP contribution in [0, 0.1) is 0 Å². The Hall–Kier alpha value is -3.00. The molecule has 0 bridgehead atoms. The number of nitrogens with zero attached hydrogens (tertiary/aromatic N) is 4. The van der Waals surface area contributed by atoms with Crippen molar-refractivity contribution < 1.29 is 0 Å². The summed E-state index contributed by atoms with van der Waals surface area (Å²) in [7, 11) is 0. The fraction of sp³-hybridized carbons (Fsp3) is 0.0435. The smallest absolute Gasteiger partial charge is 0.266 e. The third kappa shape index (κ3) is 3.99. The number of hydrogen-bond donors (Lipinski definition) is 0. The molecule has 0 saturated carbocycles. The number of rotatable bonds is 5. The van der Waals surface area contributed by atoms with E-state index in [1.54, 1.807) is 34.2 Å². The van der Waals surface area contributed by atoms with Crippen LogP contribution >= 0.6 is 34.7 Å². The topological polar surface area (TPSA) is 60.7 Å². The van der Waals surface area contributed by atoms with Gasteiger partial charge in [-0.15, -0.1) is 11.3 Å². The van der Waals surface area contributed by atoms with E-state index >= 15 is 0 Å². The number of thioether (sulfide) groups is 1. The van der Waals surface area contributed by atoms with Crippen LogP contribution < -0.4 is 5.56 Å². The Bertz CT molecular complexity index is 1430.